The first kappa shape index (κ1) is 16.0. The van der Waals surface area contributed by atoms with Crippen LogP contribution >= 0.6 is 0 Å². The SMILES string of the molecule is O=C(CCc1c[nH]c2ccccc12)NCc1cccc(-c2nn[nH]n2)c1. The fourth-order valence-corrected chi connectivity index (χ4v) is 2.98. The van der Waals surface area contributed by atoms with Gasteiger partial charge < -0.3 is 10.3 Å². The highest BCUT2D eigenvalue weighted by molar-refractivity contribution is 5.84. The molecule has 26 heavy (non-hydrogen) atoms. The van der Waals surface area contributed by atoms with Crippen LogP contribution in [0.1, 0.15) is 17.5 Å². The summed E-state index contributed by atoms with van der Waals surface area (Å²) < 4.78 is 0. The lowest BCUT2D eigenvalue weighted by Gasteiger charge is -2.06. The molecule has 2 aromatic carbocycles. The molecule has 2 aromatic heterocycles. The molecule has 0 aliphatic heterocycles. The van der Waals surface area contributed by atoms with Crippen LogP contribution in [-0.2, 0) is 17.8 Å². The number of nitrogens with one attached hydrogen (secondary N) is 3. The molecule has 4 aromatic rings. The summed E-state index contributed by atoms with van der Waals surface area (Å²) in [5, 5.41) is 18.1. The minimum Gasteiger partial charge on any atom is -0.361 e. The number of tetrazole rings is 1. The predicted octanol–water partition coefficient (Wildman–Crippen LogP) is 2.60. The van der Waals surface area contributed by atoms with Gasteiger partial charge in [0, 0.05) is 35.6 Å². The van der Waals surface area contributed by atoms with Crippen LogP contribution in [0.2, 0.25) is 0 Å². The first-order valence-electron chi connectivity index (χ1n) is 8.44. The van der Waals surface area contributed by atoms with E-state index in [0.717, 1.165) is 22.2 Å². The third-order valence-electron chi connectivity index (χ3n) is 4.32. The Kier molecular flexibility index (Phi) is 4.42. The lowest BCUT2D eigenvalue weighted by Crippen LogP contribution is -2.22. The number of para-hydroxylation sites is 1. The van der Waals surface area contributed by atoms with Gasteiger partial charge in [0.05, 0.1) is 0 Å². The first-order valence-corrected chi connectivity index (χ1v) is 8.44. The molecular formula is C19H18N6O. The van der Waals surface area contributed by atoms with E-state index in [1.54, 1.807) is 0 Å². The Hall–Kier alpha value is -3.48. The van der Waals surface area contributed by atoms with E-state index in [9.17, 15) is 4.79 Å². The van der Waals surface area contributed by atoms with Gasteiger partial charge in [-0.25, -0.2) is 0 Å². The van der Waals surface area contributed by atoms with Gasteiger partial charge in [-0.15, -0.1) is 10.2 Å². The number of nitrogens with zero attached hydrogens (tertiary/aromatic N) is 3. The number of carbonyl (C=O) groups excluding carboxylic acids is 1. The molecule has 0 atom stereocenters. The molecule has 0 aliphatic carbocycles. The van der Waals surface area contributed by atoms with Crippen LogP contribution < -0.4 is 5.32 Å². The molecule has 7 nitrogen and oxygen atoms in total. The summed E-state index contributed by atoms with van der Waals surface area (Å²) >= 11 is 0. The van der Waals surface area contributed by atoms with Crippen molar-refractivity contribution >= 4 is 16.8 Å². The molecule has 4 rings (SSSR count). The summed E-state index contributed by atoms with van der Waals surface area (Å²) in [7, 11) is 0. The number of benzene rings is 2. The van der Waals surface area contributed by atoms with Gasteiger partial charge in [0.2, 0.25) is 11.7 Å². The van der Waals surface area contributed by atoms with E-state index < -0.39 is 0 Å². The number of hydrogen-bond acceptors (Lipinski definition) is 4. The molecule has 0 fully saturated rings. The fourth-order valence-electron chi connectivity index (χ4n) is 2.98. The zero-order valence-electron chi connectivity index (χ0n) is 14.1. The second-order valence-corrected chi connectivity index (χ2v) is 6.07. The zero-order valence-corrected chi connectivity index (χ0v) is 14.1. The van der Waals surface area contributed by atoms with Gasteiger partial charge in [0.25, 0.3) is 0 Å². The minimum absolute atomic E-state index is 0.0280. The number of H-pyrrole nitrogens is 2. The highest BCUT2D eigenvalue weighted by Gasteiger charge is 2.08. The number of fused-ring (bicyclic) bond motifs is 1. The third-order valence-corrected chi connectivity index (χ3v) is 4.32. The number of aromatic amines is 2. The van der Waals surface area contributed by atoms with Crippen molar-refractivity contribution in [3.8, 4) is 11.4 Å². The molecule has 0 unspecified atom stereocenters. The molecule has 0 radical (unpaired) electrons. The molecule has 2 heterocycles. The molecule has 0 bridgehead atoms. The summed E-state index contributed by atoms with van der Waals surface area (Å²) in [6, 6.07) is 15.9. The van der Waals surface area contributed by atoms with Gasteiger partial charge in [-0.2, -0.15) is 5.21 Å². The lowest BCUT2D eigenvalue weighted by atomic mass is 10.1. The number of aryl methyl sites for hydroxylation is 1. The predicted molar refractivity (Wildman–Crippen MR) is 98.1 cm³/mol. The number of carbonyl (C=O) groups is 1. The molecule has 3 N–H and O–H groups in total. The van der Waals surface area contributed by atoms with Crippen LogP contribution in [0.5, 0.6) is 0 Å². The largest absolute Gasteiger partial charge is 0.361 e. The Balaban J connectivity index is 1.34. The van der Waals surface area contributed by atoms with Crippen LogP contribution in [-0.4, -0.2) is 31.5 Å². The van der Waals surface area contributed by atoms with Crippen molar-refractivity contribution < 1.29 is 4.79 Å². The average Bonchev–Trinajstić information content (AvgIpc) is 3.35. The molecule has 0 spiro atoms. The minimum atomic E-state index is 0.0280. The summed E-state index contributed by atoms with van der Waals surface area (Å²) in [5.41, 5.74) is 4.12. The Morgan fingerprint density at radius 1 is 1.12 bits per heavy atom. The number of amides is 1. The molecule has 7 heteroatoms. The van der Waals surface area contributed by atoms with E-state index >= 15 is 0 Å². The highest BCUT2D eigenvalue weighted by atomic mass is 16.1. The maximum absolute atomic E-state index is 12.2. The topological polar surface area (TPSA) is 99.4 Å². The molecule has 0 saturated carbocycles. The van der Waals surface area contributed by atoms with E-state index in [1.165, 1.54) is 5.39 Å². The van der Waals surface area contributed by atoms with Gasteiger partial charge in [0.15, 0.2) is 0 Å². The van der Waals surface area contributed by atoms with E-state index in [1.807, 2.05) is 48.7 Å². The van der Waals surface area contributed by atoms with Crippen molar-refractivity contribution in [2.24, 2.45) is 0 Å². The second kappa shape index (κ2) is 7.18. The first-order chi connectivity index (χ1) is 12.8. The third kappa shape index (κ3) is 3.46. The molecule has 0 saturated heterocycles. The number of rotatable bonds is 6. The van der Waals surface area contributed by atoms with E-state index in [0.29, 0.717) is 25.2 Å². The van der Waals surface area contributed by atoms with Gasteiger partial charge >= 0.3 is 0 Å². The van der Waals surface area contributed by atoms with Crippen LogP contribution in [0.25, 0.3) is 22.3 Å². The quantitative estimate of drug-likeness (QED) is 0.500. The Morgan fingerprint density at radius 2 is 2.04 bits per heavy atom. The maximum Gasteiger partial charge on any atom is 0.220 e. The van der Waals surface area contributed by atoms with Crippen molar-refractivity contribution in [1.82, 2.24) is 30.9 Å². The second-order valence-electron chi connectivity index (χ2n) is 6.07. The zero-order chi connectivity index (χ0) is 17.8. The van der Waals surface area contributed by atoms with Crippen LogP contribution in [0.3, 0.4) is 0 Å². The van der Waals surface area contributed by atoms with E-state index in [-0.39, 0.29) is 5.91 Å². The van der Waals surface area contributed by atoms with Crippen molar-refractivity contribution in [2.45, 2.75) is 19.4 Å². The lowest BCUT2D eigenvalue weighted by molar-refractivity contribution is -0.121. The molecule has 1 amide bonds. The molecule has 0 aliphatic rings. The van der Waals surface area contributed by atoms with Crippen LogP contribution in [0.4, 0.5) is 0 Å². The van der Waals surface area contributed by atoms with Gasteiger partial charge in [-0.05, 0) is 34.9 Å². The summed E-state index contributed by atoms with van der Waals surface area (Å²) in [4.78, 5) is 15.4. The van der Waals surface area contributed by atoms with Gasteiger partial charge in [-0.1, -0.05) is 36.4 Å². The van der Waals surface area contributed by atoms with Crippen LogP contribution in [0, 0.1) is 0 Å². The smallest absolute Gasteiger partial charge is 0.220 e. The summed E-state index contributed by atoms with van der Waals surface area (Å²) in [6.07, 6.45) is 3.14. The number of hydrogen-bond donors (Lipinski definition) is 3. The summed E-state index contributed by atoms with van der Waals surface area (Å²) in [5.74, 6) is 0.567. The number of aromatic nitrogens is 5. The van der Waals surface area contributed by atoms with E-state index in [4.69, 9.17) is 0 Å². The monoisotopic (exact) mass is 346 g/mol. The standard InChI is InChI=1S/C19H18N6O/c26-18(9-8-15-12-20-17-7-2-1-6-16(15)17)21-11-13-4-3-5-14(10-13)19-22-24-25-23-19/h1-7,10,12,20H,8-9,11H2,(H,21,26)(H,22,23,24,25). The van der Waals surface area contributed by atoms with Crippen molar-refractivity contribution in [3.05, 3.63) is 65.9 Å². The fraction of sp³-hybridized carbons (Fsp3) is 0.158. The highest BCUT2D eigenvalue weighted by Crippen LogP contribution is 2.19. The Morgan fingerprint density at radius 3 is 2.92 bits per heavy atom. The van der Waals surface area contributed by atoms with Crippen molar-refractivity contribution in [3.63, 3.8) is 0 Å². The van der Waals surface area contributed by atoms with Crippen LogP contribution in [0.15, 0.2) is 54.7 Å². The van der Waals surface area contributed by atoms with Crippen molar-refractivity contribution in [2.75, 3.05) is 0 Å². The normalized spacial score (nSPS) is 10.9. The van der Waals surface area contributed by atoms with Gasteiger partial charge in [0.1, 0.15) is 0 Å². The average molecular weight is 346 g/mol. The Bertz CT molecular complexity index is 1020. The van der Waals surface area contributed by atoms with Gasteiger partial charge in [-0.3, -0.25) is 4.79 Å². The van der Waals surface area contributed by atoms with Crippen molar-refractivity contribution in [1.29, 1.82) is 0 Å². The Labute approximate surface area is 149 Å². The maximum atomic E-state index is 12.2. The van der Waals surface area contributed by atoms with E-state index in [2.05, 4.69) is 37.0 Å². The molecule has 130 valence electrons. The summed E-state index contributed by atoms with van der Waals surface area (Å²) in [6.45, 7) is 0.471. The molecular weight excluding hydrogens is 328 g/mol.